The molecule has 6 heteroatoms. The number of hydrogen-bond acceptors (Lipinski definition) is 4. The third kappa shape index (κ3) is 2.87. The third-order valence-corrected chi connectivity index (χ3v) is 5.64. The zero-order chi connectivity index (χ0) is 14.3. The second-order valence-electron chi connectivity index (χ2n) is 4.89. The SMILES string of the molecule is COc1cc(Cc2sc(N)nc2C2CC2)c(Br)cc1Br. The molecule has 106 valence electrons. The zero-order valence-electron chi connectivity index (χ0n) is 11.0. The van der Waals surface area contributed by atoms with E-state index < -0.39 is 0 Å². The van der Waals surface area contributed by atoms with Crippen LogP contribution in [-0.4, -0.2) is 12.1 Å². The lowest BCUT2D eigenvalue weighted by Crippen LogP contribution is -1.94. The Hall–Kier alpha value is -0.590. The fourth-order valence-corrected chi connectivity index (χ4v) is 4.46. The van der Waals surface area contributed by atoms with Gasteiger partial charge in [-0.05, 0) is 46.5 Å². The highest BCUT2D eigenvalue weighted by Crippen LogP contribution is 2.44. The molecule has 1 heterocycles. The highest BCUT2D eigenvalue weighted by atomic mass is 79.9. The van der Waals surface area contributed by atoms with Crippen LogP contribution in [0.2, 0.25) is 0 Å². The number of halogens is 2. The summed E-state index contributed by atoms with van der Waals surface area (Å²) >= 11 is 8.71. The number of thiazole rings is 1. The fourth-order valence-electron chi connectivity index (χ4n) is 2.22. The molecule has 0 spiro atoms. The fraction of sp³-hybridized carbons (Fsp3) is 0.357. The van der Waals surface area contributed by atoms with E-state index in [4.69, 9.17) is 10.5 Å². The van der Waals surface area contributed by atoms with E-state index >= 15 is 0 Å². The van der Waals surface area contributed by atoms with Crippen LogP contribution in [0.5, 0.6) is 5.75 Å². The maximum atomic E-state index is 5.88. The second kappa shape index (κ2) is 5.66. The average molecular weight is 418 g/mol. The molecule has 0 amide bonds. The largest absolute Gasteiger partial charge is 0.496 e. The summed E-state index contributed by atoms with van der Waals surface area (Å²) in [5, 5.41) is 0.669. The molecule has 1 aromatic heterocycles. The van der Waals surface area contributed by atoms with Crippen LogP contribution in [0.4, 0.5) is 5.13 Å². The molecule has 1 fully saturated rings. The second-order valence-corrected chi connectivity index (χ2v) is 7.71. The number of rotatable bonds is 4. The van der Waals surface area contributed by atoms with E-state index in [-0.39, 0.29) is 0 Å². The summed E-state index contributed by atoms with van der Waals surface area (Å²) in [6.07, 6.45) is 3.31. The summed E-state index contributed by atoms with van der Waals surface area (Å²) in [4.78, 5) is 5.77. The molecule has 1 aliphatic carbocycles. The normalized spacial score (nSPS) is 14.6. The van der Waals surface area contributed by atoms with Crippen LogP contribution in [0.3, 0.4) is 0 Å². The van der Waals surface area contributed by atoms with Gasteiger partial charge in [-0.2, -0.15) is 0 Å². The van der Waals surface area contributed by atoms with Crippen molar-refractivity contribution in [2.45, 2.75) is 25.2 Å². The first-order valence-electron chi connectivity index (χ1n) is 6.35. The Labute approximate surface area is 138 Å². The minimum absolute atomic E-state index is 0.620. The van der Waals surface area contributed by atoms with E-state index in [0.717, 1.165) is 21.1 Å². The van der Waals surface area contributed by atoms with Crippen molar-refractivity contribution in [3.05, 3.63) is 37.2 Å². The van der Waals surface area contributed by atoms with Gasteiger partial charge in [0, 0.05) is 21.7 Å². The number of ether oxygens (including phenoxy) is 1. The van der Waals surface area contributed by atoms with Crippen LogP contribution in [0.25, 0.3) is 0 Å². The number of aromatic nitrogens is 1. The highest BCUT2D eigenvalue weighted by molar-refractivity contribution is 9.11. The summed E-state index contributed by atoms with van der Waals surface area (Å²) in [7, 11) is 1.68. The predicted octanol–water partition coefficient (Wildman–Crippen LogP) is 4.73. The first kappa shape index (κ1) is 14.4. The smallest absolute Gasteiger partial charge is 0.180 e. The van der Waals surface area contributed by atoms with E-state index in [1.807, 2.05) is 6.07 Å². The average Bonchev–Trinajstić information content (AvgIpc) is 3.17. The molecule has 20 heavy (non-hydrogen) atoms. The zero-order valence-corrected chi connectivity index (χ0v) is 14.9. The van der Waals surface area contributed by atoms with Gasteiger partial charge in [0.15, 0.2) is 5.13 Å². The molecular weight excluding hydrogens is 404 g/mol. The highest BCUT2D eigenvalue weighted by Gasteiger charge is 2.29. The monoisotopic (exact) mass is 416 g/mol. The lowest BCUT2D eigenvalue weighted by atomic mass is 10.1. The van der Waals surface area contributed by atoms with Crippen molar-refractivity contribution >= 4 is 48.3 Å². The van der Waals surface area contributed by atoms with Gasteiger partial charge in [0.05, 0.1) is 17.3 Å². The molecule has 0 radical (unpaired) electrons. The molecular formula is C14H14Br2N2OS. The lowest BCUT2D eigenvalue weighted by molar-refractivity contribution is 0.411. The Morgan fingerprint density at radius 3 is 2.75 bits per heavy atom. The van der Waals surface area contributed by atoms with E-state index in [2.05, 4.69) is 42.9 Å². The van der Waals surface area contributed by atoms with E-state index in [9.17, 15) is 0 Å². The van der Waals surface area contributed by atoms with Gasteiger partial charge >= 0.3 is 0 Å². The number of anilines is 1. The van der Waals surface area contributed by atoms with Crippen LogP contribution in [0.15, 0.2) is 21.1 Å². The first-order valence-corrected chi connectivity index (χ1v) is 8.75. The van der Waals surface area contributed by atoms with Crippen molar-refractivity contribution in [2.75, 3.05) is 12.8 Å². The Morgan fingerprint density at radius 2 is 2.10 bits per heavy atom. The molecule has 1 saturated carbocycles. The first-order chi connectivity index (χ1) is 9.58. The third-order valence-electron chi connectivity index (χ3n) is 3.38. The summed E-state index contributed by atoms with van der Waals surface area (Å²) < 4.78 is 7.38. The van der Waals surface area contributed by atoms with Gasteiger partial charge in [0.1, 0.15) is 5.75 Å². The van der Waals surface area contributed by atoms with Gasteiger partial charge in [0.25, 0.3) is 0 Å². The summed E-state index contributed by atoms with van der Waals surface area (Å²) in [6.45, 7) is 0. The molecule has 0 saturated heterocycles. The molecule has 2 aromatic rings. The van der Waals surface area contributed by atoms with E-state index in [1.54, 1.807) is 18.4 Å². The van der Waals surface area contributed by atoms with Crippen LogP contribution in [0, 0.1) is 0 Å². The predicted molar refractivity (Wildman–Crippen MR) is 89.7 cm³/mol. The summed E-state index contributed by atoms with van der Waals surface area (Å²) in [5.74, 6) is 1.46. The van der Waals surface area contributed by atoms with Crippen molar-refractivity contribution < 1.29 is 4.74 Å². The lowest BCUT2D eigenvalue weighted by Gasteiger charge is -2.09. The Morgan fingerprint density at radius 1 is 1.35 bits per heavy atom. The van der Waals surface area contributed by atoms with Crippen molar-refractivity contribution in [3.8, 4) is 5.75 Å². The van der Waals surface area contributed by atoms with Gasteiger partial charge in [-0.15, -0.1) is 11.3 Å². The molecule has 3 nitrogen and oxygen atoms in total. The molecule has 0 unspecified atom stereocenters. The maximum absolute atomic E-state index is 5.88. The minimum Gasteiger partial charge on any atom is -0.496 e. The molecule has 0 aliphatic heterocycles. The van der Waals surface area contributed by atoms with Crippen molar-refractivity contribution in [1.29, 1.82) is 0 Å². The summed E-state index contributed by atoms with van der Waals surface area (Å²) in [6, 6.07) is 4.08. The van der Waals surface area contributed by atoms with Gasteiger partial charge in [-0.3, -0.25) is 0 Å². The number of methoxy groups -OCH3 is 1. The quantitative estimate of drug-likeness (QED) is 0.782. The van der Waals surface area contributed by atoms with Crippen LogP contribution in [0.1, 0.15) is 34.9 Å². The van der Waals surface area contributed by atoms with E-state index in [1.165, 1.54) is 29.0 Å². The standard InChI is InChI=1S/C14H14Br2N2OS/c1-19-11-4-8(9(15)6-10(11)16)5-12-13(7-2-3-7)18-14(17)20-12/h4,6-7H,2-3,5H2,1H3,(H2,17,18). The van der Waals surface area contributed by atoms with Crippen molar-refractivity contribution in [2.24, 2.45) is 0 Å². The molecule has 1 aromatic carbocycles. The Kier molecular flexibility index (Phi) is 4.06. The van der Waals surface area contributed by atoms with Crippen LogP contribution in [-0.2, 0) is 6.42 Å². The van der Waals surface area contributed by atoms with Gasteiger partial charge in [-0.1, -0.05) is 15.9 Å². The number of hydrogen-bond donors (Lipinski definition) is 1. The maximum Gasteiger partial charge on any atom is 0.180 e. The topological polar surface area (TPSA) is 48.1 Å². The number of nitrogens with two attached hydrogens (primary N) is 1. The van der Waals surface area contributed by atoms with Crippen LogP contribution >= 0.6 is 43.2 Å². The number of benzene rings is 1. The molecule has 0 bridgehead atoms. The summed E-state index contributed by atoms with van der Waals surface area (Å²) in [5.41, 5.74) is 8.27. The van der Waals surface area contributed by atoms with Gasteiger partial charge in [0.2, 0.25) is 0 Å². The van der Waals surface area contributed by atoms with E-state index in [0.29, 0.717) is 11.0 Å². The van der Waals surface area contributed by atoms with Crippen LogP contribution < -0.4 is 10.5 Å². The molecule has 3 rings (SSSR count). The van der Waals surface area contributed by atoms with Gasteiger partial charge < -0.3 is 10.5 Å². The number of nitrogens with zero attached hydrogens (tertiary/aromatic N) is 1. The van der Waals surface area contributed by atoms with Gasteiger partial charge in [-0.25, -0.2) is 4.98 Å². The Balaban J connectivity index is 1.94. The van der Waals surface area contributed by atoms with Crippen molar-refractivity contribution in [1.82, 2.24) is 4.98 Å². The number of nitrogen functional groups attached to an aromatic ring is 1. The van der Waals surface area contributed by atoms with Crippen molar-refractivity contribution in [3.63, 3.8) is 0 Å². The molecule has 2 N–H and O–H groups in total. The minimum atomic E-state index is 0.620. The molecule has 1 aliphatic rings. The molecule has 0 atom stereocenters. The Bertz CT molecular complexity index is 653.